The molecule has 0 aliphatic carbocycles. The maximum Gasteiger partial charge on any atom is 0.254 e. The molecule has 1 aromatic heterocycles. The maximum absolute atomic E-state index is 12.5. The highest BCUT2D eigenvalue weighted by Crippen LogP contribution is 2.15. The number of fused-ring (bicyclic) bond motifs is 1. The third-order valence-corrected chi connectivity index (χ3v) is 3.66. The monoisotopic (exact) mass is 287 g/mol. The van der Waals surface area contributed by atoms with Crippen molar-refractivity contribution in [2.24, 2.45) is 0 Å². The lowest BCUT2D eigenvalue weighted by molar-refractivity contribution is -0.120. The van der Waals surface area contributed by atoms with E-state index in [-0.39, 0.29) is 11.8 Å². The second kappa shape index (κ2) is 5.51. The highest BCUT2D eigenvalue weighted by atomic mass is 16.2. The first kappa shape index (κ1) is 13.5. The second-order valence-corrected chi connectivity index (χ2v) is 5.00. The zero-order valence-corrected chi connectivity index (χ0v) is 11.9. The molecule has 1 N–H and O–H groups in total. The van der Waals surface area contributed by atoms with Gasteiger partial charge >= 0.3 is 0 Å². The molecule has 2 amide bonds. The molecule has 1 fully saturated rings. The molecule has 110 valence electrons. The van der Waals surface area contributed by atoms with Crippen molar-refractivity contribution in [3.05, 3.63) is 23.8 Å². The summed E-state index contributed by atoms with van der Waals surface area (Å²) in [7, 11) is 0. The summed E-state index contributed by atoms with van der Waals surface area (Å²) in [5, 5.41) is 10.9. The van der Waals surface area contributed by atoms with Gasteiger partial charge in [-0.2, -0.15) is 0 Å². The third kappa shape index (κ3) is 2.58. The van der Waals surface area contributed by atoms with Crippen LogP contribution in [0, 0.1) is 0 Å². The number of aryl methyl sites for hydroxylation is 1. The average Bonchev–Trinajstić information content (AvgIpc) is 2.79. The van der Waals surface area contributed by atoms with E-state index in [2.05, 4.69) is 15.6 Å². The van der Waals surface area contributed by atoms with Crippen LogP contribution in [-0.2, 0) is 11.3 Å². The van der Waals surface area contributed by atoms with Crippen LogP contribution in [0.25, 0.3) is 11.0 Å². The number of rotatable bonds is 2. The fourth-order valence-electron chi connectivity index (χ4n) is 2.49. The number of amides is 2. The summed E-state index contributed by atoms with van der Waals surface area (Å²) in [4.78, 5) is 25.5. The van der Waals surface area contributed by atoms with Gasteiger partial charge < -0.3 is 10.2 Å². The van der Waals surface area contributed by atoms with E-state index in [0.717, 1.165) is 12.1 Å². The van der Waals surface area contributed by atoms with Crippen molar-refractivity contribution in [1.82, 2.24) is 25.2 Å². The number of nitrogens with one attached hydrogen (secondary N) is 1. The molecule has 0 bridgehead atoms. The quantitative estimate of drug-likeness (QED) is 0.867. The van der Waals surface area contributed by atoms with Gasteiger partial charge in [0.15, 0.2) is 0 Å². The molecule has 1 aromatic carbocycles. The Hall–Kier alpha value is -2.44. The minimum absolute atomic E-state index is 0.00774. The van der Waals surface area contributed by atoms with Crippen LogP contribution in [-0.4, -0.2) is 51.3 Å². The van der Waals surface area contributed by atoms with Crippen molar-refractivity contribution < 1.29 is 9.59 Å². The van der Waals surface area contributed by atoms with Gasteiger partial charge in [0.1, 0.15) is 5.52 Å². The Kier molecular flexibility index (Phi) is 3.55. The summed E-state index contributed by atoms with van der Waals surface area (Å²) < 4.78 is 1.79. The van der Waals surface area contributed by atoms with E-state index >= 15 is 0 Å². The molecule has 7 nitrogen and oxygen atoms in total. The topological polar surface area (TPSA) is 80.1 Å². The predicted octanol–water partition coefficient (Wildman–Crippen LogP) is 0.413. The van der Waals surface area contributed by atoms with E-state index in [1.165, 1.54) is 0 Å². The first-order valence-electron chi connectivity index (χ1n) is 7.08. The SMILES string of the molecule is CCn1nnc2cc(C(=O)N3CCNC(=O)CC3)ccc21. The highest BCUT2D eigenvalue weighted by Gasteiger charge is 2.20. The van der Waals surface area contributed by atoms with Crippen molar-refractivity contribution in [3.8, 4) is 0 Å². The van der Waals surface area contributed by atoms with Crippen molar-refractivity contribution in [1.29, 1.82) is 0 Å². The number of aromatic nitrogens is 3. The highest BCUT2D eigenvalue weighted by molar-refractivity contribution is 5.97. The van der Waals surface area contributed by atoms with E-state index in [9.17, 15) is 9.59 Å². The molecule has 7 heteroatoms. The van der Waals surface area contributed by atoms with Crippen LogP contribution in [0.1, 0.15) is 23.7 Å². The lowest BCUT2D eigenvalue weighted by Gasteiger charge is -2.19. The minimum Gasteiger partial charge on any atom is -0.354 e. The molecule has 0 unspecified atom stereocenters. The van der Waals surface area contributed by atoms with Crippen LogP contribution in [0.5, 0.6) is 0 Å². The van der Waals surface area contributed by atoms with Gasteiger partial charge in [0, 0.05) is 38.2 Å². The van der Waals surface area contributed by atoms with Crippen molar-refractivity contribution in [3.63, 3.8) is 0 Å². The van der Waals surface area contributed by atoms with Crippen LogP contribution in [0.3, 0.4) is 0 Å². The largest absolute Gasteiger partial charge is 0.354 e. The summed E-state index contributed by atoms with van der Waals surface area (Å²) in [5.74, 6) is -0.0777. The minimum atomic E-state index is -0.0700. The van der Waals surface area contributed by atoms with Crippen LogP contribution < -0.4 is 5.32 Å². The van der Waals surface area contributed by atoms with Gasteiger partial charge in [-0.3, -0.25) is 9.59 Å². The summed E-state index contributed by atoms with van der Waals surface area (Å²) >= 11 is 0. The normalized spacial score (nSPS) is 15.9. The van der Waals surface area contributed by atoms with Crippen LogP contribution in [0.4, 0.5) is 0 Å². The maximum atomic E-state index is 12.5. The van der Waals surface area contributed by atoms with E-state index in [1.807, 2.05) is 13.0 Å². The van der Waals surface area contributed by atoms with E-state index in [4.69, 9.17) is 0 Å². The number of carbonyl (C=O) groups excluding carboxylic acids is 2. The number of nitrogens with zero attached hydrogens (tertiary/aromatic N) is 4. The average molecular weight is 287 g/mol. The summed E-state index contributed by atoms with van der Waals surface area (Å²) in [5.41, 5.74) is 2.22. The zero-order chi connectivity index (χ0) is 14.8. The van der Waals surface area contributed by atoms with E-state index in [1.54, 1.807) is 21.7 Å². The number of hydrogen-bond donors (Lipinski definition) is 1. The fourth-order valence-corrected chi connectivity index (χ4v) is 2.49. The summed E-state index contributed by atoms with van der Waals surface area (Å²) in [6.07, 6.45) is 0.347. The van der Waals surface area contributed by atoms with Gasteiger partial charge in [0.25, 0.3) is 5.91 Å². The Morgan fingerprint density at radius 2 is 2.24 bits per heavy atom. The zero-order valence-electron chi connectivity index (χ0n) is 11.9. The van der Waals surface area contributed by atoms with Gasteiger partial charge in [-0.1, -0.05) is 5.21 Å². The van der Waals surface area contributed by atoms with Crippen LogP contribution in [0.2, 0.25) is 0 Å². The third-order valence-electron chi connectivity index (χ3n) is 3.66. The smallest absolute Gasteiger partial charge is 0.254 e. The Labute approximate surface area is 121 Å². The predicted molar refractivity (Wildman–Crippen MR) is 76.7 cm³/mol. The molecular weight excluding hydrogens is 270 g/mol. The molecule has 0 radical (unpaired) electrons. The molecule has 0 spiro atoms. The molecule has 1 aliphatic heterocycles. The molecule has 0 saturated carbocycles. The standard InChI is InChI=1S/C14H17N5O2/c1-2-19-12-4-3-10(9-11(12)16-17-19)14(21)18-7-5-13(20)15-6-8-18/h3-4,9H,2,5-8H2,1H3,(H,15,20). The molecule has 2 aromatic rings. The van der Waals surface area contributed by atoms with E-state index < -0.39 is 0 Å². The Morgan fingerprint density at radius 1 is 1.38 bits per heavy atom. The van der Waals surface area contributed by atoms with Crippen LogP contribution in [0.15, 0.2) is 18.2 Å². The Morgan fingerprint density at radius 3 is 3.05 bits per heavy atom. The Balaban J connectivity index is 1.85. The molecule has 21 heavy (non-hydrogen) atoms. The van der Waals surface area contributed by atoms with Crippen molar-refractivity contribution in [2.75, 3.05) is 19.6 Å². The molecule has 1 saturated heterocycles. The van der Waals surface area contributed by atoms with Gasteiger partial charge in [-0.25, -0.2) is 4.68 Å². The Bertz CT molecular complexity index is 694. The lowest BCUT2D eigenvalue weighted by atomic mass is 10.1. The first-order chi connectivity index (χ1) is 10.2. The number of benzene rings is 1. The molecule has 1 aliphatic rings. The number of hydrogen-bond acceptors (Lipinski definition) is 4. The number of carbonyl (C=O) groups is 2. The molecule has 2 heterocycles. The first-order valence-corrected chi connectivity index (χ1v) is 7.08. The second-order valence-electron chi connectivity index (χ2n) is 5.00. The molecule has 3 rings (SSSR count). The van der Waals surface area contributed by atoms with Gasteiger partial charge in [-0.15, -0.1) is 5.10 Å². The molecule has 0 atom stereocenters. The lowest BCUT2D eigenvalue weighted by Crippen LogP contribution is -2.34. The van der Waals surface area contributed by atoms with Gasteiger partial charge in [-0.05, 0) is 25.1 Å². The van der Waals surface area contributed by atoms with Crippen molar-refractivity contribution in [2.45, 2.75) is 19.9 Å². The van der Waals surface area contributed by atoms with Gasteiger partial charge in [0.05, 0.1) is 5.52 Å². The molecular formula is C14H17N5O2. The van der Waals surface area contributed by atoms with Crippen molar-refractivity contribution >= 4 is 22.8 Å². The van der Waals surface area contributed by atoms with Gasteiger partial charge in [0.2, 0.25) is 5.91 Å². The van der Waals surface area contributed by atoms with Crippen LogP contribution >= 0.6 is 0 Å². The summed E-state index contributed by atoms with van der Waals surface area (Å²) in [6, 6.07) is 5.42. The van der Waals surface area contributed by atoms with E-state index in [0.29, 0.717) is 37.1 Å². The fraction of sp³-hybridized carbons (Fsp3) is 0.429. The summed E-state index contributed by atoms with van der Waals surface area (Å²) in [6.45, 7) is 4.21.